The van der Waals surface area contributed by atoms with E-state index in [-0.39, 0.29) is 0 Å². The van der Waals surface area contributed by atoms with Crippen molar-refractivity contribution in [3.05, 3.63) is 42.0 Å². The van der Waals surface area contributed by atoms with Crippen LogP contribution in [0.15, 0.2) is 30.6 Å². The second kappa shape index (κ2) is 6.30. The minimum atomic E-state index is -0.401. The van der Waals surface area contributed by atoms with Gasteiger partial charge >= 0.3 is 5.97 Å². The molecule has 0 aliphatic rings. The zero-order chi connectivity index (χ0) is 15.4. The normalized spacial score (nSPS) is 10.4. The number of aromatic nitrogens is 2. The number of nitrogens with two attached hydrogens (primary N) is 1. The monoisotopic (exact) mass is 288 g/mol. The number of ether oxygens (including phenoxy) is 1. The molecule has 2 rings (SSSR count). The molecule has 1 aromatic heterocycles. The average molecular weight is 288 g/mol. The molecular formula is C15H20N4O2. The number of hydrogen-bond donors (Lipinski definition) is 1. The molecule has 0 saturated carbocycles. The summed E-state index contributed by atoms with van der Waals surface area (Å²) in [6.45, 7) is 2.73. The third kappa shape index (κ3) is 3.34. The molecule has 6 nitrogen and oxygen atoms in total. The SMILES string of the molecule is CCOC(=O)c1cc(N(C)Cc2nccn2C)ccc1N. The van der Waals surface area contributed by atoms with Crippen LogP contribution in [0.25, 0.3) is 0 Å². The van der Waals surface area contributed by atoms with Crippen molar-refractivity contribution >= 4 is 17.3 Å². The molecular weight excluding hydrogens is 268 g/mol. The van der Waals surface area contributed by atoms with E-state index >= 15 is 0 Å². The lowest BCUT2D eigenvalue weighted by molar-refractivity contribution is 0.0527. The van der Waals surface area contributed by atoms with E-state index in [1.807, 2.05) is 35.8 Å². The zero-order valence-corrected chi connectivity index (χ0v) is 12.5. The van der Waals surface area contributed by atoms with Gasteiger partial charge in [0.25, 0.3) is 0 Å². The molecule has 0 aliphatic heterocycles. The summed E-state index contributed by atoms with van der Waals surface area (Å²) >= 11 is 0. The molecule has 0 spiro atoms. The van der Waals surface area contributed by atoms with Crippen molar-refractivity contribution in [1.82, 2.24) is 9.55 Å². The van der Waals surface area contributed by atoms with Gasteiger partial charge in [-0.2, -0.15) is 0 Å². The topological polar surface area (TPSA) is 73.4 Å². The average Bonchev–Trinajstić information content (AvgIpc) is 2.85. The maximum absolute atomic E-state index is 11.9. The van der Waals surface area contributed by atoms with Crippen LogP contribution >= 0.6 is 0 Å². The summed E-state index contributed by atoms with van der Waals surface area (Å²) in [5, 5.41) is 0. The minimum Gasteiger partial charge on any atom is -0.462 e. The largest absolute Gasteiger partial charge is 0.462 e. The fraction of sp³-hybridized carbons (Fsp3) is 0.333. The predicted octanol–water partition coefficient (Wildman–Crippen LogP) is 1.82. The Morgan fingerprint density at radius 2 is 2.24 bits per heavy atom. The molecule has 2 aromatic rings. The second-order valence-corrected chi connectivity index (χ2v) is 4.80. The smallest absolute Gasteiger partial charge is 0.340 e. The number of rotatable bonds is 5. The van der Waals surface area contributed by atoms with Crippen molar-refractivity contribution in [2.45, 2.75) is 13.5 Å². The highest BCUT2D eigenvalue weighted by molar-refractivity contribution is 5.96. The van der Waals surface area contributed by atoms with E-state index in [0.29, 0.717) is 24.4 Å². The lowest BCUT2D eigenvalue weighted by Crippen LogP contribution is -2.20. The summed E-state index contributed by atoms with van der Waals surface area (Å²) in [5.74, 6) is 0.536. The Bertz CT molecular complexity index is 636. The van der Waals surface area contributed by atoms with Gasteiger partial charge in [0, 0.05) is 37.9 Å². The number of hydrogen-bond acceptors (Lipinski definition) is 5. The Kier molecular flexibility index (Phi) is 4.47. The van der Waals surface area contributed by atoms with E-state index in [1.54, 1.807) is 25.3 Å². The van der Waals surface area contributed by atoms with Crippen LogP contribution in [0.1, 0.15) is 23.1 Å². The molecule has 1 heterocycles. The number of anilines is 2. The van der Waals surface area contributed by atoms with Gasteiger partial charge in [0.1, 0.15) is 5.82 Å². The maximum atomic E-state index is 11.9. The predicted molar refractivity (Wildman–Crippen MR) is 82.1 cm³/mol. The third-order valence-electron chi connectivity index (χ3n) is 3.27. The molecule has 0 unspecified atom stereocenters. The Morgan fingerprint density at radius 1 is 1.48 bits per heavy atom. The van der Waals surface area contributed by atoms with Gasteiger partial charge in [0.15, 0.2) is 0 Å². The van der Waals surface area contributed by atoms with E-state index in [2.05, 4.69) is 4.98 Å². The van der Waals surface area contributed by atoms with Crippen molar-refractivity contribution in [2.75, 3.05) is 24.3 Å². The number of imidazole rings is 1. The first-order valence-electron chi connectivity index (χ1n) is 6.77. The van der Waals surface area contributed by atoms with Gasteiger partial charge in [0.05, 0.1) is 18.7 Å². The van der Waals surface area contributed by atoms with E-state index in [1.165, 1.54) is 0 Å². The number of carbonyl (C=O) groups is 1. The molecule has 0 aliphatic carbocycles. The molecule has 21 heavy (non-hydrogen) atoms. The van der Waals surface area contributed by atoms with Gasteiger partial charge in [0.2, 0.25) is 0 Å². The van der Waals surface area contributed by atoms with E-state index < -0.39 is 5.97 Å². The van der Waals surface area contributed by atoms with Crippen LogP contribution in [-0.4, -0.2) is 29.2 Å². The Hall–Kier alpha value is -2.50. The summed E-state index contributed by atoms with van der Waals surface area (Å²) in [5.41, 5.74) is 7.54. The number of benzene rings is 1. The van der Waals surface area contributed by atoms with Crippen molar-refractivity contribution in [2.24, 2.45) is 7.05 Å². The molecule has 112 valence electrons. The number of nitrogens with zero attached hydrogens (tertiary/aromatic N) is 3. The fourth-order valence-corrected chi connectivity index (χ4v) is 2.02. The summed E-state index contributed by atoms with van der Waals surface area (Å²) in [4.78, 5) is 18.2. The highest BCUT2D eigenvalue weighted by Gasteiger charge is 2.14. The standard InChI is InChI=1S/C15H20N4O2/c1-4-21-15(20)12-9-11(5-6-13(12)16)19(3)10-14-17-7-8-18(14)2/h5-9H,4,10,16H2,1-3H3. The Morgan fingerprint density at radius 3 is 2.86 bits per heavy atom. The van der Waals surface area contributed by atoms with Crippen LogP contribution in [0.2, 0.25) is 0 Å². The molecule has 2 N–H and O–H groups in total. The van der Waals surface area contributed by atoms with E-state index in [0.717, 1.165) is 11.5 Å². The summed E-state index contributed by atoms with van der Waals surface area (Å²) in [6, 6.07) is 5.34. The molecule has 0 bridgehead atoms. The lowest BCUT2D eigenvalue weighted by atomic mass is 10.1. The lowest BCUT2D eigenvalue weighted by Gasteiger charge is -2.20. The van der Waals surface area contributed by atoms with Crippen molar-refractivity contribution < 1.29 is 9.53 Å². The first kappa shape index (κ1) is 14.9. The number of esters is 1. The van der Waals surface area contributed by atoms with Crippen molar-refractivity contribution in [3.8, 4) is 0 Å². The molecule has 0 saturated heterocycles. The van der Waals surface area contributed by atoms with Crippen LogP contribution in [0.5, 0.6) is 0 Å². The second-order valence-electron chi connectivity index (χ2n) is 4.80. The summed E-state index contributed by atoms with van der Waals surface area (Å²) in [7, 11) is 3.89. The highest BCUT2D eigenvalue weighted by Crippen LogP contribution is 2.22. The molecule has 0 amide bonds. The first-order chi connectivity index (χ1) is 10.0. The third-order valence-corrected chi connectivity index (χ3v) is 3.27. The number of aryl methyl sites for hydroxylation is 1. The van der Waals surface area contributed by atoms with Gasteiger partial charge < -0.3 is 19.9 Å². The van der Waals surface area contributed by atoms with Crippen molar-refractivity contribution in [1.29, 1.82) is 0 Å². The molecule has 0 radical (unpaired) electrons. The van der Waals surface area contributed by atoms with E-state index in [4.69, 9.17) is 10.5 Å². The zero-order valence-electron chi connectivity index (χ0n) is 12.5. The van der Waals surface area contributed by atoms with Gasteiger partial charge in [-0.1, -0.05) is 0 Å². The maximum Gasteiger partial charge on any atom is 0.340 e. The van der Waals surface area contributed by atoms with Gasteiger partial charge in [-0.3, -0.25) is 0 Å². The molecule has 0 atom stereocenters. The summed E-state index contributed by atoms with van der Waals surface area (Å²) < 4.78 is 6.97. The minimum absolute atomic E-state index is 0.325. The Labute approximate surface area is 124 Å². The van der Waals surface area contributed by atoms with Gasteiger partial charge in [-0.05, 0) is 25.1 Å². The highest BCUT2D eigenvalue weighted by atomic mass is 16.5. The molecule has 1 aromatic carbocycles. The summed E-state index contributed by atoms with van der Waals surface area (Å²) in [6.07, 6.45) is 3.66. The molecule has 6 heteroatoms. The number of nitrogen functional groups attached to an aromatic ring is 1. The molecule has 0 fully saturated rings. The van der Waals surface area contributed by atoms with Crippen LogP contribution in [0.4, 0.5) is 11.4 Å². The first-order valence-corrected chi connectivity index (χ1v) is 6.77. The van der Waals surface area contributed by atoms with Crippen LogP contribution in [0.3, 0.4) is 0 Å². The van der Waals surface area contributed by atoms with Crippen LogP contribution in [-0.2, 0) is 18.3 Å². The number of carbonyl (C=O) groups excluding carboxylic acids is 1. The van der Waals surface area contributed by atoms with E-state index in [9.17, 15) is 4.79 Å². The van der Waals surface area contributed by atoms with Gasteiger partial charge in [-0.25, -0.2) is 9.78 Å². The quantitative estimate of drug-likeness (QED) is 0.671. The van der Waals surface area contributed by atoms with Gasteiger partial charge in [-0.15, -0.1) is 0 Å². The van der Waals surface area contributed by atoms with Crippen LogP contribution < -0.4 is 10.6 Å². The Balaban J connectivity index is 2.22. The fourth-order valence-electron chi connectivity index (χ4n) is 2.02. The van der Waals surface area contributed by atoms with Crippen molar-refractivity contribution in [3.63, 3.8) is 0 Å². The van der Waals surface area contributed by atoms with Crippen LogP contribution in [0, 0.1) is 0 Å².